The van der Waals surface area contributed by atoms with E-state index in [0.717, 1.165) is 0 Å². The lowest BCUT2D eigenvalue weighted by atomic mass is 10.1. The summed E-state index contributed by atoms with van der Waals surface area (Å²) in [6.45, 7) is 6.91. The first-order valence-electron chi connectivity index (χ1n) is 5.48. The number of imide groups is 1. The van der Waals surface area contributed by atoms with Gasteiger partial charge in [0.2, 0.25) is 0 Å². The minimum absolute atomic E-state index is 0.102. The van der Waals surface area contributed by atoms with Crippen molar-refractivity contribution in [3.63, 3.8) is 0 Å². The van der Waals surface area contributed by atoms with Crippen molar-refractivity contribution in [1.29, 1.82) is 0 Å². The molecule has 1 rings (SSSR count). The molecule has 0 radical (unpaired) electrons. The van der Waals surface area contributed by atoms with E-state index in [9.17, 15) is 14.4 Å². The number of ether oxygens (including phenoxy) is 1. The SMILES string of the molecule is CC1=C(CCC(=O)OC(C)(C)C)C(=O)NC1=O. The molecule has 0 aromatic heterocycles. The van der Waals surface area contributed by atoms with Gasteiger partial charge in [-0.2, -0.15) is 0 Å². The quantitative estimate of drug-likeness (QED) is 0.591. The van der Waals surface area contributed by atoms with Crippen LogP contribution in [0, 0.1) is 0 Å². The summed E-state index contributed by atoms with van der Waals surface area (Å²) in [6.07, 6.45) is 0.336. The largest absolute Gasteiger partial charge is 0.460 e. The predicted octanol–water partition coefficient (Wildman–Crippen LogP) is 1.08. The molecule has 0 aliphatic carbocycles. The summed E-state index contributed by atoms with van der Waals surface area (Å²) in [5, 5.41) is 2.18. The summed E-state index contributed by atoms with van der Waals surface area (Å²) in [5.41, 5.74) is 0.230. The van der Waals surface area contributed by atoms with Crippen LogP contribution in [0.4, 0.5) is 0 Å². The van der Waals surface area contributed by atoms with Crippen LogP contribution in [0.25, 0.3) is 0 Å². The zero-order chi connectivity index (χ0) is 13.2. The fourth-order valence-corrected chi connectivity index (χ4v) is 1.50. The molecule has 17 heavy (non-hydrogen) atoms. The molecular formula is C12H17NO4. The molecule has 2 amide bonds. The molecular weight excluding hydrogens is 222 g/mol. The van der Waals surface area contributed by atoms with Crippen molar-refractivity contribution >= 4 is 17.8 Å². The van der Waals surface area contributed by atoms with Crippen LogP contribution in [0.2, 0.25) is 0 Å². The van der Waals surface area contributed by atoms with Crippen molar-refractivity contribution < 1.29 is 19.1 Å². The smallest absolute Gasteiger partial charge is 0.306 e. The number of amides is 2. The normalized spacial score (nSPS) is 16.2. The Bertz CT molecular complexity index is 401. The van der Waals surface area contributed by atoms with Gasteiger partial charge in [0.25, 0.3) is 11.8 Å². The third kappa shape index (κ3) is 3.69. The fraction of sp³-hybridized carbons (Fsp3) is 0.583. The maximum Gasteiger partial charge on any atom is 0.306 e. The monoisotopic (exact) mass is 239 g/mol. The first kappa shape index (κ1) is 13.4. The van der Waals surface area contributed by atoms with Crippen molar-refractivity contribution in [3.8, 4) is 0 Å². The van der Waals surface area contributed by atoms with Crippen LogP contribution < -0.4 is 5.32 Å². The first-order chi connectivity index (χ1) is 7.70. The summed E-state index contributed by atoms with van der Waals surface area (Å²) in [7, 11) is 0. The van der Waals surface area contributed by atoms with Crippen LogP contribution >= 0.6 is 0 Å². The molecule has 0 unspecified atom stereocenters. The molecule has 0 atom stereocenters. The van der Waals surface area contributed by atoms with Crippen LogP contribution in [-0.2, 0) is 19.1 Å². The van der Waals surface area contributed by atoms with Crippen molar-refractivity contribution in [2.75, 3.05) is 0 Å². The summed E-state index contributed by atoms with van der Waals surface area (Å²) in [5.74, 6) is -1.16. The average Bonchev–Trinajstić information content (AvgIpc) is 2.36. The van der Waals surface area contributed by atoms with Crippen LogP contribution in [0.3, 0.4) is 0 Å². The number of hydrogen-bond donors (Lipinski definition) is 1. The van der Waals surface area contributed by atoms with Crippen LogP contribution in [0.5, 0.6) is 0 Å². The van der Waals surface area contributed by atoms with Gasteiger partial charge in [0, 0.05) is 17.6 Å². The molecule has 5 heteroatoms. The molecule has 1 aliphatic rings. The van der Waals surface area contributed by atoms with Gasteiger partial charge in [-0.25, -0.2) is 0 Å². The van der Waals surface area contributed by atoms with Crippen molar-refractivity contribution in [3.05, 3.63) is 11.1 Å². The number of hydrogen-bond acceptors (Lipinski definition) is 4. The van der Waals surface area contributed by atoms with Gasteiger partial charge in [0.1, 0.15) is 5.60 Å². The Kier molecular flexibility index (Phi) is 3.70. The third-order valence-corrected chi connectivity index (χ3v) is 2.29. The number of carbonyl (C=O) groups excluding carboxylic acids is 3. The van der Waals surface area contributed by atoms with E-state index in [1.165, 1.54) is 0 Å². The van der Waals surface area contributed by atoms with Crippen LogP contribution in [-0.4, -0.2) is 23.4 Å². The third-order valence-electron chi connectivity index (χ3n) is 2.29. The number of carbonyl (C=O) groups is 3. The van der Waals surface area contributed by atoms with E-state index in [0.29, 0.717) is 11.1 Å². The van der Waals surface area contributed by atoms with Gasteiger partial charge < -0.3 is 4.74 Å². The summed E-state index contributed by atoms with van der Waals surface area (Å²) >= 11 is 0. The second-order valence-corrected chi connectivity index (χ2v) is 4.97. The predicted molar refractivity (Wildman–Crippen MR) is 60.9 cm³/mol. The van der Waals surface area contributed by atoms with E-state index in [1.807, 2.05) is 0 Å². The van der Waals surface area contributed by atoms with Crippen molar-refractivity contribution in [2.45, 2.75) is 46.1 Å². The van der Waals surface area contributed by atoms with E-state index in [2.05, 4.69) is 5.32 Å². The first-order valence-corrected chi connectivity index (χ1v) is 5.48. The van der Waals surface area contributed by atoms with Crippen LogP contribution in [0.15, 0.2) is 11.1 Å². The summed E-state index contributed by atoms with van der Waals surface area (Å²) in [4.78, 5) is 34.0. The second-order valence-electron chi connectivity index (χ2n) is 4.97. The molecule has 0 aromatic rings. The molecule has 5 nitrogen and oxygen atoms in total. The lowest BCUT2D eigenvalue weighted by molar-refractivity contribution is -0.154. The van der Waals surface area contributed by atoms with Gasteiger partial charge in [-0.3, -0.25) is 19.7 Å². The maximum atomic E-state index is 11.4. The van der Waals surface area contributed by atoms with Crippen LogP contribution in [0.1, 0.15) is 40.5 Å². The van der Waals surface area contributed by atoms with Crippen molar-refractivity contribution in [1.82, 2.24) is 5.32 Å². The van der Waals surface area contributed by atoms with Gasteiger partial charge in [0.05, 0.1) is 0 Å². The fourth-order valence-electron chi connectivity index (χ4n) is 1.50. The zero-order valence-corrected chi connectivity index (χ0v) is 10.5. The molecule has 0 fully saturated rings. The van der Waals surface area contributed by atoms with Gasteiger partial charge in [-0.1, -0.05) is 0 Å². The van der Waals surface area contributed by atoms with Gasteiger partial charge in [0.15, 0.2) is 0 Å². The molecule has 0 aromatic carbocycles. The van der Waals surface area contributed by atoms with E-state index < -0.39 is 11.5 Å². The Morgan fingerprint density at radius 1 is 1.24 bits per heavy atom. The molecule has 1 aliphatic heterocycles. The van der Waals surface area contributed by atoms with E-state index in [1.54, 1.807) is 27.7 Å². The molecule has 0 saturated heterocycles. The van der Waals surface area contributed by atoms with Gasteiger partial charge in [-0.05, 0) is 34.1 Å². The van der Waals surface area contributed by atoms with E-state index >= 15 is 0 Å². The number of esters is 1. The molecule has 0 spiro atoms. The summed E-state index contributed by atoms with van der Waals surface area (Å²) in [6, 6.07) is 0. The number of rotatable bonds is 3. The Hall–Kier alpha value is -1.65. The Morgan fingerprint density at radius 3 is 2.24 bits per heavy atom. The van der Waals surface area contributed by atoms with Gasteiger partial charge >= 0.3 is 5.97 Å². The Labute approximate surface area is 100 Å². The molecule has 1 N–H and O–H groups in total. The minimum Gasteiger partial charge on any atom is -0.460 e. The average molecular weight is 239 g/mol. The van der Waals surface area contributed by atoms with E-state index in [-0.39, 0.29) is 24.7 Å². The van der Waals surface area contributed by atoms with E-state index in [4.69, 9.17) is 4.74 Å². The zero-order valence-electron chi connectivity index (χ0n) is 10.5. The lowest BCUT2D eigenvalue weighted by Gasteiger charge is -2.19. The highest BCUT2D eigenvalue weighted by Gasteiger charge is 2.27. The standard InChI is InChI=1S/C12H17NO4/c1-7-8(11(16)13-10(7)15)5-6-9(14)17-12(2,3)4/h5-6H2,1-4H3,(H,13,15,16). The molecule has 94 valence electrons. The second kappa shape index (κ2) is 4.69. The summed E-state index contributed by atoms with van der Waals surface area (Å²) < 4.78 is 5.12. The molecule has 0 saturated carbocycles. The lowest BCUT2D eigenvalue weighted by Crippen LogP contribution is -2.24. The Morgan fingerprint density at radius 2 is 1.82 bits per heavy atom. The highest BCUT2D eigenvalue weighted by atomic mass is 16.6. The highest BCUT2D eigenvalue weighted by Crippen LogP contribution is 2.18. The molecule has 1 heterocycles. The highest BCUT2D eigenvalue weighted by molar-refractivity contribution is 6.19. The Balaban J connectivity index is 2.55. The maximum absolute atomic E-state index is 11.4. The number of nitrogens with one attached hydrogen (secondary N) is 1. The topological polar surface area (TPSA) is 72.5 Å². The van der Waals surface area contributed by atoms with Gasteiger partial charge in [-0.15, -0.1) is 0 Å². The van der Waals surface area contributed by atoms with Crippen molar-refractivity contribution in [2.24, 2.45) is 0 Å². The minimum atomic E-state index is -0.533. The molecule has 0 bridgehead atoms.